The van der Waals surface area contributed by atoms with Crippen molar-refractivity contribution in [2.45, 2.75) is 45.6 Å². The highest BCUT2D eigenvalue weighted by Crippen LogP contribution is 2.37. The van der Waals surface area contributed by atoms with Crippen LogP contribution in [0.5, 0.6) is 0 Å². The van der Waals surface area contributed by atoms with Crippen LogP contribution in [0.1, 0.15) is 48.3 Å². The summed E-state index contributed by atoms with van der Waals surface area (Å²) in [5.41, 5.74) is 13.2. The topological polar surface area (TPSA) is 114 Å². The molecule has 2 aromatic heterocycles. The zero-order valence-corrected chi connectivity index (χ0v) is 16.0. The van der Waals surface area contributed by atoms with Gasteiger partial charge in [-0.2, -0.15) is 0 Å². The molecule has 1 aliphatic rings. The van der Waals surface area contributed by atoms with E-state index in [1.807, 2.05) is 0 Å². The fourth-order valence-corrected chi connectivity index (χ4v) is 4.52. The lowest BCUT2D eigenvalue weighted by atomic mass is 10.0. The van der Waals surface area contributed by atoms with E-state index in [1.165, 1.54) is 11.3 Å². The Morgan fingerprint density at radius 1 is 1.38 bits per heavy atom. The van der Waals surface area contributed by atoms with E-state index in [9.17, 15) is 9.59 Å². The van der Waals surface area contributed by atoms with Gasteiger partial charge in [-0.3, -0.25) is 9.59 Å². The van der Waals surface area contributed by atoms with Gasteiger partial charge in [-0.1, -0.05) is 13.3 Å². The molecule has 1 aliphatic heterocycles. The van der Waals surface area contributed by atoms with Gasteiger partial charge in [0.25, 0.3) is 5.91 Å². The number of anilines is 2. The number of pyridine rings is 1. The Morgan fingerprint density at radius 3 is 2.65 bits per heavy atom. The molecule has 0 aliphatic carbocycles. The van der Waals surface area contributed by atoms with Crippen molar-refractivity contribution in [3.8, 4) is 0 Å². The van der Waals surface area contributed by atoms with Crippen molar-refractivity contribution in [3.05, 3.63) is 16.5 Å². The SMILES string of the molecule is CCCc1cc(N2CCC(NC(C)=O)CC2)nc2sc(C(N)=O)c(N)c12. The first kappa shape index (κ1) is 18.4. The number of amides is 2. The predicted octanol–water partition coefficient (Wildman–Crippen LogP) is 2.03. The van der Waals surface area contributed by atoms with Crippen LogP contribution in [0.25, 0.3) is 10.2 Å². The Bertz CT molecular complexity index is 840. The summed E-state index contributed by atoms with van der Waals surface area (Å²) in [5.74, 6) is 0.409. The van der Waals surface area contributed by atoms with Crippen LogP contribution in [0, 0.1) is 0 Å². The van der Waals surface area contributed by atoms with Crippen LogP contribution < -0.4 is 21.7 Å². The third kappa shape index (κ3) is 3.60. The van der Waals surface area contributed by atoms with Gasteiger partial charge in [0.15, 0.2) is 0 Å². The monoisotopic (exact) mass is 375 g/mol. The molecule has 5 N–H and O–H groups in total. The lowest BCUT2D eigenvalue weighted by molar-refractivity contribution is -0.119. The first-order chi connectivity index (χ1) is 12.4. The maximum atomic E-state index is 11.7. The summed E-state index contributed by atoms with van der Waals surface area (Å²) in [6.07, 6.45) is 3.63. The number of thiophene rings is 1. The average Bonchev–Trinajstić information content (AvgIpc) is 2.92. The van der Waals surface area contributed by atoms with Crippen LogP contribution >= 0.6 is 11.3 Å². The van der Waals surface area contributed by atoms with E-state index >= 15 is 0 Å². The second-order valence-corrected chi connectivity index (χ2v) is 7.74. The smallest absolute Gasteiger partial charge is 0.260 e. The van der Waals surface area contributed by atoms with Crippen molar-refractivity contribution in [1.29, 1.82) is 0 Å². The molecule has 140 valence electrons. The number of piperidine rings is 1. The molecule has 0 radical (unpaired) electrons. The highest BCUT2D eigenvalue weighted by atomic mass is 32.1. The number of carbonyl (C=O) groups is 2. The van der Waals surface area contributed by atoms with Gasteiger partial charge in [0.05, 0.1) is 5.69 Å². The summed E-state index contributed by atoms with van der Waals surface area (Å²) in [6, 6.07) is 2.31. The zero-order valence-electron chi connectivity index (χ0n) is 15.2. The van der Waals surface area contributed by atoms with Crippen LogP contribution in [0.4, 0.5) is 11.5 Å². The molecular formula is C18H25N5O2S. The summed E-state index contributed by atoms with van der Waals surface area (Å²) in [4.78, 5) is 31.0. The molecule has 0 unspecified atom stereocenters. The number of hydrogen-bond donors (Lipinski definition) is 3. The molecule has 3 heterocycles. The van der Waals surface area contributed by atoms with E-state index in [0.717, 1.165) is 60.4 Å². The minimum absolute atomic E-state index is 0.0151. The van der Waals surface area contributed by atoms with E-state index in [-0.39, 0.29) is 11.9 Å². The van der Waals surface area contributed by atoms with E-state index < -0.39 is 5.91 Å². The average molecular weight is 375 g/mol. The summed E-state index contributed by atoms with van der Waals surface area (Å²) < 4.78 is 0. The minimum Gasteiger partial charge on any atom is -0.397 e. The molecule has 0 bridgehead atoms. The lowest BCUT2D eigenvalue weighted by Gasteiger charge is -2.33. The quantitative estimate of drug-likeness (QED) is 0.740. The summed E-state index contributed by atoms with van der Waals surface area (Å²) >= 11 is 1.26. The Morgan fingerprint density at radius 2 is 2.08 bits per heavy atom. The van der Waals surface area contributed by atoms with Crippen molar-refractivity contribution >= 4 is 44.9 Å². The number of carbonyl (C=O) groups excluding carboxylic acids is 2. The fourth-order valence-electron chi connectivity index (χ4n) is 3.54. The van der Waals surface area contributed by atoms with Crippen molar-refractivity contribution in [2.75, 3.05) is 23.7 Å². The molecule has 1 fully saturated rings. The molecule has 2 aromatic rings. The van der Waals surface area contributed by atoms with Crippen LogP contribution in [0.3, 0.4) is 0 Å². The van der Waals surface area contributed by atoms with Crippen LogP contribution in [-0.4, -0.2) is 35.9 Å². The second-order valence-electron chi connectivity index (χ2n) is 6.74. The number of primary amides is 1. The minimum atomic E-state index is -0.509. The molecule has 8 heteroatoms. The number of nitrogen functional groups attached to an aromatic ring is 1. The summed E-state index contributed by atoms with van der Waals surface area (Å²) in [5, 5.41) is 3.85. The Kier molecular flexibility index (Phi) is 5.31. The lowest BCUT2D eigenvalue weighted by Crippen LogP contribution is -2.44. The van der Waals surface area contributed by atoms with Gasteiger partial charge >= 0.3 is 0 Å². The Balaban J connectivity index is 1.92. The molecular weight excluding hydrogens is 350 g/mol. The van der Waals surface area contributed by atoms with E-state index in [0.29, 0.717) is 10.6 Å². The Labute approximate surface area is 156 Å². The molecule has 7 nitrogen and oxygen atoms in total. The first-order valence-corrected chi connectivity index (χ1v) is 9.76. The summed E-state index contributed by atoms with van der Waals surface area (Å²) in [6.45, 7) is 5.33. The number of aryl methyl sites for hydroxylation is 1. The molecule has 3 rings (SSSR count). The van der Waals surface area contributed by atoms with E-state index in [4.69, 9.17) is 16.5 Å². The van der Waals surface area contributed by atoms with Gasteiger partial charge in [0.1, 0.15) is 15.5 Å². The zero-order chi connectivity index (χ0) is 18.8. The number of nitrogens with two attached hydrogens (primary N) is 2. The molecule has 0 spiro atoms. The largest absolute Gasteiger partial charge is 0.397 e. The predicted molar refractivity (Wildman–Crippen MR) is 106 cm³/mol. The van der Waals surface area contributed by atoms with Gasteiger partial charge < -0.3 is 21.7 Å². The van der Waals surface area contributed by atoms with Gasteiger partial charge in [0, 0.05) is 31.4 Å². The third-order valence-electron chi connectivity index (χ3n) is 4.74. The Hall–Kier alpha value is -2.35. The third-order valence-corrected chi connectivity index (χ3v) is 5.85. The number of rotatable bonds is 5. The van der Waals surface area contributed by atoms with Gasteiger partial charge in [-0.25, -0.2) is 4.98 Å². The molecule has 0 aromatic carbocycles. The fraction of sp³-hybridized carbons (Fsp3) is 0.500. The van der Waals surface area contributed by atoms with Gasteiger partial charge in [-0.15, -0.1) is 11.3 Å². The summed E-state index contributed by atoms with van der Waals surface area (Å²) in [7, 11) is 0. The van der Waals surface area contributed by atoms with Crippen molar-refractivity contribution in [3.63, 3.8) is 0 Å². The highest BCUT2D eigenvalue weighted by molar-refractivity contribution is 7.21. The van der Waals surface area contributed by atoms with Crippen LogP contribution in [-0.2, 0) is 11.2 Å². The molecule has 0 atom stereocenters. The van der Waals surface area contributed by atoms with Gasteiger partial charge in [0.2, 0.25) is 5.91 Å². The normalized spacial score (nSPS) is 15.4. The standard InChI is InChI=1S/C18H25N5O2S/c1-3-4-11-9-13(23-7-5-12(6-8-23)21-10(2)24)22-18-14(11)15(19)16(26-18)17(20)25/h9,12H,3-8,19H2,1-2H3,(H2,20,25)(H,21,24). The van der Waals surface area contributed by atoms with Crippen LogP contribution in [0.15, 0.2) is 6.07 Å². The molecule has 2 amide bonds. The molecule has 26 heavy (non-hydrogen) atoms. The van der Waals surface area contributed by atoms with Crippen molar-refractivity contribution in [1.82, 2.24) is 10.3 Å². The van der Waals surface area contributed by atoms with Crippen LogP contribution in [0.2, 0.25) is 0 Å². The van der Waals surface area contributed by atoms with Crippen molar-refractivity contribution in [2.24, 2.45) is 5.73 Å². The highest BCUT2D eigenvalue weighted by Gasteiger charge is 2.23. The van der Waals surface area contributed by atoms with Gasteiger partial charge in [-0.05, 0) is 30.9 Å². The number of hydrogen-bond acceptors (Lipinski definition) is 6. The molecule has 1 saturated heterocycles. The maximum absolute atomic E-state index is 11.7. The number of nitrogens with one attached hydrogen (secondary N) is 1. The number of nitrogens with zero attached hydrogens (tertiary/aromatic N) is 2. The second kappa shape index (κ2) is 7.49. The number of fused-ring (bicyclic) bond motifs is 1. The van der Waals surface area contributed by atoms with Crippen molar-refractivity contribution < 1.29 is 9.59 Å². The van der Waals surface area contributed by atoms with E-state index in [2.05, 4.69) is 23.2 Å². The first-order valence-electron chi connectivity index (χ1n) is 8.94. The number of aromatic nitrogens is 1. The maximum Gasteiger partial charge on any atom is 0.260 e. The van der Waals surface area contributed by atoms with E-state index in [1.54, 1.807) is 6.92 Å². The molecule has 0 saturated carbocycles.